The lowest BCUT2D eigenvalue weighted by Gasteiger charge is -2.03. The highest BCUT2D eigenvalue weighted by Crippen LogP contribution is 2.11. The molecular weight excluding hydrogens is 212 g/mol. The number of carbonyl (C=O) groups is 1. The number of benzene rings is 1. The molecule has 2 aromatic rings. The first-order chi connectivity index (χ1) is 8.38. The standard InChI is InChI=1S/C14H14N2O/c17-11-16-14-5-3-12(4-6-14)1-2-13-7-9-15-10-8-13/h3-11H,1-2H2,(H,16,17). The zero-order chi connectivity index (χ0) is 11.9. The van der Waals surface area contributed by atoms with Gasteiger partial charge in [-0.1, -0.05) is 12.1 Å². The predicted octanol–water partition coefficient (Wildman–Crippen LogP) is 2.44. The van der Waals surface area contributed by atoms with E-state index < -0.39 is 0 Å². The molecular formula is C14H14N2O. The zero-order valence-electron chi connectivity index (χ0n) is 9.47. The van der Waals surface area contributed by atoms with Crippen molar-refractivity contribution in [3.8, 4) is 0 Å². The van der Waals surface area contributed by atoms with Gasteiger partial charge in [0.1, 0.15) is 0 Å². The maximum absolute atomic E-state index is 10.3. The Kier molecular flexibility index (Phi) is 3.86. The molecule has 0 aliphatic carbocycles. The number of pyridine rings is 1. The fourth-order valence-corrected chi connectivity index (χ4v) is 1.67. The Morgan fingerprint density at radius 1 is 0.941 bits per heavy atom. The van der Waals surface area contributed by atoms with Gasteiger partial charge < -0.3 is 5.32 Å². The van der Waals surface area contributed by atoms with Crippen molar-refractivity contribution in [2.45, 2.75) is 12.8 Å². The van der Waals surface area contributed by atoms with Crippen LogP contribution >= 0.6 is 0 Å². The molecule has 17 heavy (non-hydrogen) atoms. The number of aryl methyl sites for hydroxylation is 2. The van der Waals surface area contributed by atoms with Crippen molar-refractivity contribution in [1.82, 2.24) is 4.98 Å². The first-order valence-electron chi connectivity index (χ1n) is 5.56. The van der Waals surface area contributed by atoms with Crippen molar-refractivity contribution in [2.75, 3.05) is 5.32 Å². The van der Waals surface area contributed by atoms with E-state index in [-0.39, 0.29) is 0 Å². The van der Waals surface area contributed by atoms with Gasteiger partial charge in [-0.2, -0.15) is 0 Å². The van der Waals surface area contributed by atoms with Crippen molar-refractivity contribution in [3.63, 3.8) is 0 Å². The average Bonchev–Trinajstić information content (AvgIpc) is 2.40. The van der Waals surface area contributed by atoms with Gasteiger partial charge in [-0.25, -0.2) is 0 Å². The lowest BCUT2D eigenvalue weighted by Crippen LogP contribution is -1.95. The highest BCUT2D eigenvalue weighted by Gasteiger charge is 1.96. The van der Waals surface area contributed by atoms with E-state index in [2.05, 4.69) is 10.3 Å². The fraction of sp³-hybridized carbons (Fsp3) is 0.143. The summed E-state index contributed by atoms with van der Waals surface area (Å²) in [5.74, 6) is 0. The van der Waals surface area contributed by atoms with E-state index in [0.29, 0.717) is 6.41 Å². The van der Waals surface area contributed by atoms with Crippen molar-refractivity contribution < 1.29 is 4.79 Å². The number of carbonyl (C=O) groups excluding carboxylic acids is 1. The van der Waals surface area contributed by atoms with E-state index in [4.69, 9.17) is 0 Å². The molecule has 0 saturated carbocycles. The predicted molar refractivity (Wildman–Crippen MR) is 67.8 cm³/mol. The molecule has 1 amide bonds. The molecule has 3 heteroatoms. The molecule has 1 aromatic heterocycles. The minimum Gasteiger partial charge on any atom is -0.329 e. The van der Waals surface area contributed by atoms with Crippen molar-refractivity contribution in [2.24, 2.45) is 0 Å². The van der Waals surface area contributed by atoms with Gasteiger partial charge in [-0.15, -0.1) is 0 Å². The number of hydrogen-bond acceptors (Lipinski definition) is 2. The normalized spacial score (nSPS) is 9.88. The molecule has 0 saturated heterocycles. The van der Waals surface area contributed by atoms with Crippen LogP contribution in [0.15, 0.2) is 48.8 Å². The van der Waals surface area contributed by atoms with Gasteiger partial charge >= 0.3 is 0 Å². The van der Waals surface area contributed by atoms with E-state index >= 15 is 0 Å². The lowest BCUT2D eigenvalue weighted by atomic mass is 10.1. The highest BCUT2D eigenvalue weighted by molar-refractivity contribution is 5.71. The first-order valence-corrected chi connectivity index (χ1v) is 5.56. The third-order valence-electron chi connectivity index (χ3n) is 2.63. The fourth-order valence-electron chi connectivity index (χ4n) is 1.67. The van der Waals surface area contributed by atoms with E-state index in [9.17, 15) is 4.79 Å². The summed E-state index contributed by atoms with van der Waals surface area (Å²) < 4.78 is 0. The molecule has 0 radical (unpaired) electrons. The molecule has 0 atom stereocenters. The largest absolute Gasteiger partial charge is 0.329 e. The van der Waals surface area contributed by atoms with Gasteiger partial charge in [0.05, 0.1) is 0 Å². The van der Waals surface area contributed by atoms with Gasteiger partial charge in [0.2, 0.25) is 6.41 Å². The van der Waals surface area contributed by atoms with E-state index in [1.807, 2.05) is 48.8 Å². The first kappa shape index (κ1) is 11.3. The van der Waals surface area contributed by atoms with Crippen LogP contribution in [0.2, 0.25) is 0 Å². The SMILES string of the molecule is O=CNc1ccc(CCc2ccncc2)cc1. The monoisotopic (exact) mass is 226 g/mol. The molecule has 1 heterocycles. The van der Waals surface area contributed by atoms with Crippen LogP contribution in [0.1, 0.15) is 11.1 Å². The van der Waals surface area contributed by atoms with E-state index in [0.717, 1.165) is 18.5 Å². The summed E-state index contributed by atoms with van der Waals surface area (Å²) >= 11 is 0. The van der Waals surface area contributed by atoms with Gasteiger partial charge in [0.25, 0.3) is 0 Å². The topological polar surface area (TPSA) is 42.0 Å². The number of hydrogen-bond donors (Lipinski definition) is 1. The van der Waals surface area contributed by atoms with Crippen LogP contribution in [-0.2, 0) is 17.6 Å². The van der Waals surface area contributed by atoms with Crippen LogP contribution in [0.25, 0.3) is 0 Å². The van der Waals surface area contributed by atoms with Crippen molar-refractivity contribution >= 4 is 12.1 Å². The third-order valence-corrected chi connectivity index (χ3v) is 2.63. The zero-order valence-corrected chi connectivity index (χ0v) is 9.47. The van der Waals surface area contributed by atoms with E-state index in [1.165, 1.54) is 11.1 Å². The number of nitrogens with zero attached hydrogens (tertiary/aromatic N) is 1. The number of aromatic nitrogens is 1. The summed E-state index contributed by atoms with van der Waals surface area (Å²) in [5.41, 5.74) is 3.38. The Balaban J connectivity index is 1.93. The molecule has 3 nitrogen and oxygen atoms in total. The summed E-state index contributed by atoms with van der Waals surface area (Å²) in [6.45, 7) is 0. The molecule has 0 aliphatic rings. The lowest BCUT2D eigenvalue weighted by molar-refractivity contribution is -0.105. The second-order valence-corrected chi connectivity index (χ2v) is 3.81. The summed E-state index contributed by atoms with van der Waals surface area (Å²) in [4.78, 5) is 14.2. The van der Waals surface area contributed by atoms with Crippen molar-refractivity contribution in [1.29, 1.82) is 0 Å². The third kappa shape index (κ3) is 3.41. The Morgan fingerprint density at radius 3 is 2.12 bits per heavy atom. The Morgan fingerprint density at radius 2 is 1.53 bits per heavy atom. The van der Waals surface area contributed by atoms with Crippen LogP contribution in [-0.4, -0.2) is 11.4 Å². The Hall–Kier alpha value is -2.16. The molecule has 0 fully saturated rings. The highest BCUT2D eigenvalue weighted by atomic mass is 16.1. The van der Waals surface area contributed by atoms with Crippen LogP contribution in [0.4, 0.5) is 5.69 Å². The smallest absolute Gasteiger partial charge is 0.211 e. The Labute approximate surface area is 101 Å². The van der Waals surface area contributed by atoms with Crippen LogP contribution in [0, 0.1) is 0 Å². The number of anilines is 1. The minimum absolute atomic E-state index is 0.686. The van der Waals surface area contributed by atoms with Crippen molar-refractivity contribution in [3.05, 3.63) is 59.9 Å². The number of rotatable bonds is 5. The molecule has 1 aromatic carbocycles. The molecule has 0 bridgehead atoms. The molecule has 0 unspecified atom stereocenters. The molecule has 86 valence electrons. The maximum Gasteiger partial charge on any atom is 0.211 e. The summed E-state index contributed by atoms with van der Waals surface area (Å²) in [6.07, 6.45) is 6.30. The second kappa shape index (κ2) is 5.80. The number of amides is 1. The van der Waals surface area contributed by atoms with Gasteiger partial charge in [0, 0.05) is 18.1 Å². The van der Waals surface area contributed by atoms with Gasteiger partial charge in [-0.05, 0) is 48.2 Å². The van der Waals surface area contributed by atoms with Gasteiger partial charge in [-0.3, -0.25) is 9.78 Å². The summed E-state index contributed by atoms with van der Waals surface area (Å²) in [7, 11) is 0. The Bertz CT molecular complexity index is 465. The van der Waals surface area contributed by atoms with Crippen LogP contribution in [0.5, 0.6) is 0 Å². The quantitative estimate of drug-likeness (QED) is 0.796. The maximum atomic E-state index is 10.3. The molecule has 1 N–H and O–H groups in total. The van der Waals surface area contributed by atoms with E-state index in [1.54, 1.807) is 0 Å². The molecule has 0 aliphatic heterocycles. The second-order valence-electron chi connectivity index (χ2n) is 3.81. The minimum atomic E-state index is 0.686. The average molecular weight is 226 g/mol. The summed E-state index contributed by atoms with van der Waals surface area (Å²) in [6, 6.07) is 12.0. The van der Waals surface area contributed by atoms with Crippen LogP contribution < -0.4 is 5.32 Å². The molecule has 0 spiro atoms. The summed E-state index contributed by atoms with van der Waals surface area (Å²) in [5, 5.41) is 2.62. The molecule has 2 rings (SSSR count). The van der Waals surface area contributed by atoms with Crippen LogP contribution in [0.3, 0.4) is 0 Å². The van der Waals surface area contributed by atoms with Gasteiger partial charge in [0.15, 0.2) is 0 Å². The number of nitrogens with one attached hydrogen (secondary N) is 1.